The largest absolute Gasteiger partial charge is 0.504 e. The van der Waals surface area contributed by atoms with Gasteiger partial charge in [-0.15, -0.1) is 0 Å². The van der Waals surface area contributed by atoms with E-state index in [1.807, 2.05) is 12.1 Å². The highest BCUT2D eigenvalue weighted by Gasteiger charge is 2.34. The number of para-hydroxylation sites is 1. The number of amides is 1. The molecule has 3 N–H and O–H groups in total. The molecule has 0 bridgehead atoms. The number of anilines is 1. The van der Waals surface area contributed by atoms with Gasteiger partial charge in [-0.05, 0) is 36.4 Å². The molecule has 2 aromatic carbocycles. The van der Waals surface area contributed by atoms with E-state index in [2.05, 4.69) is 5.32 Å². The molecule has 1 aliphatic rings. The zero-order chi connectivity index (χ0) is 19.0. The number of carbonyl (C=O) groups excluding carboxylic acids is 1. The molecular formula is C20H18N2O5. The number of nitrogens with one attached hydrogen (secondary N) is 1. The fourth-order valence-electron chi connectivity index (χ4n) is 3.22. The Morgan fingerprint density at radius 1 is 1.19 bits per heavy atom. The van der Waals surface area contributed by atoms with Crippen LogP contribution in [0.15, 0.2) is 59.2 Å². The van der Waals surface area contributed by atoms with Crippen LogP contribution in [-0.2, 0) is 6.54 Å². The van der Waals surface area contributed by atoms with Gasteiger partial charge in [0.1, 0.15) is 11.9 Å². The number of phenols is 2. The van der Waals surface area contributed by atoms with Crippen molar-refractivity contribution in [1.82, 2.24) is 4.90 Å². The smallest absolute Gasteiger partial charge is 0.258 e. The monoisotopic (exact) mass is 366 g/mol. The number of nitrogens with zero attached hydrogens (tertiary/aromatic N) is 1. The molecule has 0 saturated carbocycles. The van der Waals surface area contributed by atoms with Gasteiger partial charge in [0.25, 0.3) is 5.91 Å². The standard InChI is InChI=1S/C20H18N2O5/c1-26-17-10-12(9-16(23)18(17)24)19-21-15-7-3-2-6-14(15)20(25)22(19)11-13-5-4-8-27-13/h2-10,19,21,23-24H,11H2,1H3/t19-/m0/s1. The minimum absolute atomic E-state index is 0.121. The quantitative estimate of drug-likeness (QED) is 0.612. The summed E-state index contributed by atoms with van der Waals surface area (Å²) in [5.74, 6) is -0.0883. The lowest BCUT2D eigenvalue weighted by atomic mass is 10.0. The fourth-order valence-corrected chi connectivity index (χ4v) is 3.22. The Bertz CT molecular complexity index is 984. The molecule has 138 valence electrons. The highest BCUT2D eigenvalue weighted by Crippen LogP contribution is 2.41. The topological polar surface area (TPSA) is 95.2 Å². The maximum Gasteiger partial charge on any atom is 0.258 e. The summed E-state index contributed by atoms with van der Waals surface area (Å²) >= 11 is 0. The zero-order valence-electron chi connectivity index (χ0n) is 14.5. The van der Waals surface area contributed by atoms with Crippen LogP contribution in [0.4, 0.5) is 5.69 Å². The van der Waals surface area contributed by atoms with Crippen LogP contribution in [0.5, 0.6) is 17.2 Å². The number of hydrogen-bond donors (Lipinski definition) is 3. The first-order valence-electron chi connectivity index (χ1n) is 8.37. The number of benzene rings is 2. The van der Waals surface area contributed by atoms with Crippen LogP contribution in [0.3, 0.4) is 0 Å². The van der Waals surface area contributed by atoms with E-state index in [1.165, 1.54) is 13.2 Å². The summed E-state index contributed by atoms with van der Waals surface area (Å²) in [7, 11) is 1.40. The third-order valence-corrected chi connectivity index (χ3v) is 4.54. The Labute approximate surface area is 155 Å². The highest BCUT2D eigenvalue weighted by atomic mass is 16.5. The summed E-state index contributed by atoms with van der Waals surface area (Å²) in [4.78, 5) is 14.7. The molecule has 0 radical (unpaired) electrons. The van der Waals surface area contributed by atoms with Crippen molar-refractivity contribution in [2.75, 3.05) is 12.4 Å². The number of aromatic hydroxyl groups is 2. The molecule has 0 unspecified atom stereocenters. The first kappa shape index (κ1) is 16.8. The van der Waals surface area contributed by atoms with Crippen molar-refractivity contribution in [3.05, 3.63) is 71.7 Å². The Hall–Kier alpha value is -3.61. The van der Waals surface area contributed by atoms with Gasteiger partial charge in [0.15, 0.2) is 11.5 Å². The molecule has 0 spiro atoms. The van der Waals surface area contributed by atoms with E-state index in [0.29, 0.717) is 22.6 Å². The first-order chi connectivity index (χ1) is 13.1. The van der Waals surface area contributed by atoms with Crippen molar-refractivity contribution in [2.45, 2.75) is 12.7 Å². The van der Waals surface area contributed by atoms with Crippen LogP contribution in [0.25, 0.3) is 0 Å². The van der Waals surface area contributed by atoms with Crippen molar-refractivity contribution in [2.24, 2.45) is 0 Å². The number of ether oxygens (including phenoxy) is 1. The Morgan fingerprint density at radius 3 is 2.74 bits per heavy atom. The van der Waals surface area contributed by atoms with Crippen LogP contribution in [0, 0.1) is 0 Å². The molecule has 1 amide bonds. The summed E-state index contributed by atoms with van der Waals surface area (Å²) in [6.45, 7) is 0.238. The Balaban J connectivity index is 1.81. The molecule has 1 aromatic heterocycles. The molecule has 0 fully saturated rings. The maximum absolute atomic E-state index is 13.1. The van der Waals surface area contributed by atoms with E-state index in [1.54, 1.807) is 41.5 Å². The number of carbonyl (C=O) groups is 1. The van der Waals surface area contributed by atoms with Gasteiger partial charge < -0.3 is 29.6 Å². The van der Waals surface area contributed by atoms with E-state index >= 15 is 0 Å². The van der Waals surface area contributed by atoms with Gasteiger partial charge in [-0.1, -0.05) is 12.1 Å². The first-order valence-corrected chi connectivity index (χ1v) is 8.37. The number of furan rings is 1. The average molecular weight is 366 g/mol. The lowest BCUT2D eigenvalue weighted by Crippen LogP contribution is -2.42. The SMILES string of the molecule is COc1cc([C@H]2Nc3ccccc3C(=O)N2Cc2ccco2)cc(O)c1O. The maximum atomic E-state index is 13.1. The van der Waals surface area contributed by atoms with Crippen LogP contribution >= 0.6 is 0 Å². The van der Waals surface area contributed by atoms with E-state index < -0.39 is 6.17 Å². The molecule has 27 heavy (non-hydrogen) atoms. The molecule has 3 aromatic rings. The summed E-state index contributed by atoms with van der Waals surface area (Å²) in [6, 6.07) is 13.8. The lowest BCUT2D eigenvalue weighted by Gasteiger charge is -2.37. The summed E-state index contributed by atoms with van der Waals surface area (Å²) in [5, 5.41) is 23.3. The number of rotatable bonds is 4. The second-order valence-corrected chi connectivity index (χ2v) is 6.20. The van der Waals surface area contributed by atoms with E-state index in [4.69, 9.17) is 9.15 Å². The second kappa shape index (κ2) is 6.60. The molecular weight excluding hydrogens is 348 g/mol. The van der Waals surface area contributed by atoms with Crippen molar-refractivity contribution < 1.29 is 24.2 Å². The normalized spacial score (nSPS) is 16.0. The fraction of sp³-hybridized carbons (Fsp3) is 0.150. The minimum atomic E-state index is -0.585. The third-order valence-electron chi connectivity index (χ3n) is 4.54. The number of phenolic OH excluding ortho intramolecular Hbond substituents is 2. The van der Waals surface area contributed by atoms with Crippen molar-refractivity contribution in [3.8, 4) is 17.2 Å². The molecule has 0 aliphatic carbocycles. The zero-order valence-corrected chi connectivity index (χ0v) is 14.5. The molecule has 1 atom stereocenters. The van der Waals surface area contributed by atoms with Gasteiger partial charge in [0.2, 0.25) is 5.75 Å². The van der Waals surface area contributed by atoms with Gasteiger partial charge in [-0.3, -0.25) is 4.79 Å². The second-order valence-electron chi connectivity index (χ2n) is 6.20. The van der Waals surface area contributed by atoms with Gasteiger partial charge in [-0.25, -0.2) is 0 Å². The summed E-state index contributed by atoms with van der Waals surface area (Å²) < 4.78 is 10.5. The predicted octanol–water partition coefficient (Wildman–Crippen LogP) is 3.47. The van der Waals surface area contributed by atoms with E-state index in [9.17, 15) is 15.0 Å². The van der Waals surface area contributed by atoms with E-state index in [0.717, 1.165) is 0 Å². The number of fused-ring (bicyclic) bond motifs is 1. The highest BCUT2D eigenvalue weighted by molar-refractivity contribution is 6.01. The van der Waals surface area contributed by atoms with Gasteiger partial charge in [0, 0.05) is 11.3 Å². The van der Waals surface area contributed by atoms with Crippen LogP contribution in [0.2, 0.25) is 0 Å². The summed E-state index contributed by atoms with van der Waals surface area (Å²) in [6.07, 6.45) is 0.966. The van der Waals surface area contributed by atoms with Gasteiger partial charge in [-0.2, -0.15) is 0 Å². The van der Waals surface area contributed by atoms with Crippen LogP contribution in [-0.4, -0.2) is 28.1 Å². The third kappa shape index (κ3) is 2.93. The minimum Gasteiger partial charge on any atom is -0.504 e. The molecule has 2 heterocycles. The van der Waals surface area contributed by atoms with Crippen LogP contribution in [0.1, 0.15) is 27.8 Å². The molecule has 4 rings (SSSR count). The average Bonchev–Trinajstić information content (AvgIpc) is 3.19. The molecule has 7 heteroatoms. The molecule has 0 saturated heterocycles. The molecule has 7 nitrogen and oxygen atoms in total. The van der Waals surface area contributed by atoms with Gasteiger partial charge >= 0.3 is 0 Å². The number of methoxy groups -OCH3 is 1. The number of hydrogen-bond acceptors (Lipinski definition) is 6. The summed E-state index contributed by atoms with van der Waals surface area (Å²) in [5.41, 5.74) is 1.81. The predicted molar refractivity (Wildman–Crippen MR) is 97.7 cm³/mol. The molecule has 1 aliphatic heterocycles. The Morgan fingerprint density at radius 2 is 2.00 bits per heavy atom. The Kier molecular flexibility index (Phi) is 4.12. The van der Waals surface area contributed by atoms with E-state index in [-0.39, 0.29) is 29.7 Å². The van der Waals surface area contributed by atoms with Crippen molar-refractivity contribution >= 4 is 11.6 Å². The van der Waals surface area contributed by atoms with Gasteiger partial charge in [0.05, 0.1) is 25.5 Å². The van der Waals surface area contributed by atoms with Crippen molar-refractivity contribution in [1.29, 1.82) is 0 Å². The van der Waals surface area contributed by atoms with Crippen LogP contribution < -0.4 is 10.1 Å². The van der Waals surface area contributed by atoms with Crippen molar-refractivity contribution in [3.63, 3.8) is 0 Å². The lowest BCUT2D eigenvalue weighted by molar-refractivity contribution is 0.0651.